The second kappa shape index (κ2) is 5.31. The molecule has 3 heteroatoms. The number of hydrogen-bond donors (Lipinski definition) is 1. The molecule has 1 N–H and O–H groups in total. The van der Waals surface area contributed by atoms with Crippen LogP contribution in [-0.4, -0.2) is 19.2 Å². The van der Waals surface area contributed by atoms with Gasteiger partial charge in [-0.1, -0.05) is 11.5 Å². The largest absolute Gasteiger partial charge is 0.449 e. The molecule has 0 atom stereocenters. The van der Waals surface area contributed by atoms with E-state index in [1.165, 1.54) is 0 Å². The van der Waals surface area contributed by atoms with Crippen molar-refractivity contribution in [2.75, 3.05) is 0 Å². The molecule has 48 valence electrons. The summed E-state index contributed by atoms with van der Waals surface area (Å²) in [5.74, 6) is 0. The van der Waals surface area contributed by atoms with E-state index in [2.05, 4.69) is 11.7 Å². The van der Waals surface area contributed by atoms with Gasteiger partial charge in [-0.25, -0.2) is 0 Å². The Morgan fingerprint density at radius 3 is 2.78 bits per heavy atom. The average molecular weight is 123 g/mol. The minimum Gasteiger partial charge on any atom is -0.449 e. The number of hydrogen-bond acceptors (Lipinski definition) is 2. The Morgan fingerprint density at radius 2 is 2.44 bits per heavy atom. The van der Waals surface area contributed by atoms with Gasteiger partial charge in [0.25, 0.3) is 0 Å². The third-order valence-corrected chi connectivity index (χ3v) is 0.947. The highest BCUT2D eigenvalue weighted by Crippen LogP contribution is 1.91. The highest BCUT2D eigenvalue weighted by Gasteiger charge is 1.86. The minimum absolute atomic E-state index is 0.0581. The first-order chi connectivity index (χ1) is 4.35. The molecule has 0 aromatic rings. The zero-order valence-electron chi connectivity index (χ0n) is 5.54. The Bertz CT molecular complexity index is 140. The Hall–Kier alpha value is -0.825. The molecule has 0 saturated heterocycles. The lowest BCUT2D eigenvalue weighted by Crippen LogP contribution is -1.89. The highest BCUT2D eigenvalue weighted by molar-refractivity contribution is 6.37. The summed E-state index contributed by atoms with van der Waals surface area (Å²) < 4.78 is 0. The summed E-state index contributed by atoms with van der Waals surface area (Å²) in [5.41, 5.74) is 0.849. The van der Waals surface area contributed by atoms with Gasteiger partial charge in [0.1, 0.15) is 0 Å². The second-order valence-corrected chi connectivity index (χ2v) is 1.52. The predicted molar refractivity (Wildman–Crippen MR) is 41.8 cm³/mol. The smallest absolute Gasteiger partial charge is 0.304 e. The molecule has 0 unspecified atom stereocenters. The van der Waals surface area contributed by atoms with Crippen LogP contribution in [0.25, 0.3) is 0 Å². The molecular weight excluding hydrogens is 113 g/mol. The van der Waals surface area contributed by atoms with E-state index < -0.39 is 0 Å². The van der Waals surface area contributed by atoms with Gasteiger partial charge in [0, 0.05) is 6.20 Å². The van der Waals surface area contributed by atoms with Crippen LogP contribution in [0.15, 0.2) is 28.8 Å². The van der Waals surface area contributed by atoms with E-state index in [4.69, 9.17) is 5.02 Å². The van der Waals surface area contributed by atoms with Crippen LogP contribution in [-0.2, 0) is 0 Å². The van der Waals surface area contributed by atoms with E-state index in [0.717, 1.165) is 5.47 Å². The molecular formula is C6H10BNO. The summed E-state index contributed by atoms with van der Waals surface area (Å²) in [6.07, 6.45) is 5.08. The van der Waals surface area contributed by atoms with Gasteiger partial charge >= 0.3 is 7.48 Å². The number of rotatable bonds is 3. The van der Waals surface area contributed by atoms with Gasteiger partial charge < -0.3 is 5.02 Å². The lowest BCUT2D eigenvalue weighted by Gasteiger charge is -1.87. The Morgan fingerprint density at radius 1 is 1.78 bits per heavy atom. The van der Waals surface area contributed by atoms with Gasteiger partial charge in [-0.2, -0.15) is 0 Å². The SMILES string of the molecule is C=N/C=C\C(BO)=C/C. The molecule has 0 fully saturated rings. The maximum Gasteiger partial charge on any atom is 0.304 e. The zero-order valence-corrected chi connectivity index (χ0v) is 5.54. The van der Waals surface area contributed by atoms with E-state index >= 15 is 0 Å². The third kappa shape index (κ3) is 3.73. The van der Waals surface area contributed by atoms with Gasteiger partial charge in [-0.05, 0) is 19.7 Å². The minimum atomic E-state index is 0.0581. The first-order valence-corrected chi connectivity index (χ1v) is 2.73. The van der Waals surface area contributed by atoms with Gasteiger partial charge in [-0.15, -0.1) is 0 Å². The zero-order chi connectivity index (χ0) is 7.11. The fourth-order valence-corrected chi connectivity index (χ4v) is 0.389. The van der Waals surface area contributed by atoms with Crippen molar-refractivity contribution in [3.63, 3.8) is 0 Å². The topological polar surface area (TPSA) is 32.6 Å². The van der Waals surface area contributed by atoms with E-state index in [0.29, 0.717) is 0 Å². The van der Waals surface area contributed by atoms with Crippen molar-refractivity contribution in [3.8, 4) is 0 Å². The molecule has 0 amide bonds. The maximum absolute atomic E-state index is 8.57. The highest BCUT2D eigenvalue weighted by atomic mass is 16.2. The number of allylic oxidation sites excluding steroid dienone is 3. The lowest BCUT2D eigenvalue weighted by molar-refractivity contribution is 0.612. The molecule has 2 nitrogen and oxygen atoms in total. The summed E-state index contributed by atoms with van der Waals surface area (Å²) in [7, 11) is 0.0581. The summed E-state index contributed by atoms with van der Waals surface area (Å²) >= 11 is 0. The molecule has 0 aliphatic heterocycles. The molecule has 9 heavy (non-hydrogen) atoms. The average Bonchev–Trinajstić information content (AvgIpc) is 1.91. The Labute approximate surface area is 55.9 Å². The molecule has 0 heterocycles. The number of nitrogens with zero attached hydrogens (tertiary/aromatic N) is 1. The van der Waals surface area contributed by atoms with Crippen molar-refractivity contribution < 1.29 is 5.02 Å². The molecule has 0 saturated carbocycles. The van der Waals surface area contributed by atoms with Crippen molar-refractivity contribution >= 4 is 14.2 Å². The van der Waals surface area contributed by atoms with Gasteiger partial charge in [0.15, 0.2) is 0 Å². The molecule has 0 spiro atoms. The van der Waals surface area contributed by atoms with Gasteiger partial charge in [0.05, 0.1) is 0 Å². The third-order valence-electron chi connectivity index (χ3n) is 0.947. The first-order valence-electron chi connectivity index (χ1n) is 2.73. The fourth-order valence-electron chi connectivity index (χ4n) is 0.389. The Balaban J connectivity index is 3.84. The molecule has 0 radical (unpaired) electrons. The van der Waals surface area contributed by atoms with Crippen LogP contribution in [0.4, 0.5) is 0 Å². The van der Waals surface area contributed by atoms with E-state index in [-0.39, 0.29) is 7.48 Å². The molecule has 0 aliphatic carbocycles. The van der Waals surface area contributed by atoms with Crippen molar-refractivity contribution in [1.82, 2.24) is 0 Å². The van der Waals surface area contributed by atoms with Crippen LogP contribution in [0, 0.1) is 0 Å². The van der Waals surface area contributed by atoms with Crippen LogP contribution >= 0.6 is 0 Å². The fraction of sp³-hybridized carbons (Fsp3) is 0.167. The summed E-state index contributed by atoms with van der Waals surface area (Å²) in [6.45, 7) is 5.12. The van der Waals surface area contributed by atoms with Crippen LogP contribution in [0.2, 0.25) is 0 Å². The van der Waals surface area contributed by atoms with Crippen molar-refractivity contribution in [1.29, 1.82) is 0 Å². The van der Waals surface area contributed by atoms with Crippen molar-refractivity contribution in [2.24, 2.45) is 4.99 Å². The van der Waals surface area contributed by atoms with E-state index in [1.54, 1.807) is 12.3 Å². The summed E-state index contributed by atoms with van der Waals surface area (Å²) in [4.78, 5) is 3.49. The van der Waals surface area contributed by atoms with Crippen LogP contribution < -0.4 is 0 Å². The normalized spacial score (nSPS) is 12.0. The molecule has 0 aromatic heterocycles. The summed E-state index contributed by atoms with van der Waals surface area (Å²) in [6, 6.07) is 0. The second-order valence-electron chi connectivity index (χ2n) is 1.52. The monoisotopic (exact) mass is 123 g/mol. The Kier molecular flexibility index (Phi) is 4.83. The van der Waals surface area contributed by atoms with Crippen molar-refractivity contribution in [3.05, 3.63) is 23.8 Å². The molecule has 0 aliphatic rings. The molecule has 0 aromatic carbocycles. The van der Waals surface area contributed by atoms with E-state index in [1.807, 2.05) is 13.0 Å². The predicted octanol–water partition coefficient (Wildman–Crippen LogP) is 0.448. The standard InChI is InChI=1S/C6H10BNO/c1-3-6(7-9)4-5-8-2/h3-5,7,9H,2H2,1H3/b5-4-,6-3+. The lowest BCUT2D eigenvalue weighted by atomic mass is 9.88. The maximum atomic E-state index is 8.57. The van der Waals surface area contributed by atoms with Crippen LogP contribution in [0.5, 0.6) is 0 Å². The van der Waals surface area contributed by atoms with E-state index in [9.17, 15) is 0 Å². The van der Waals surface area contributed by atoms with Crippen molar-refractivity contribution in [2.45, 2.75) is 6.92 Å². The quantitative estimate of drug-likeness (QED) is 0.329. The van der Waals surface area contributed by atoms with Gasteiger partial charge in [-0.3, -0.25) is 4.99 Å². The molecule has 0 rings (SSSR count). The first kappa shape index (κ1) is 8.17. The summed E-state index contributed by atoms with van der Waals surface area (Å²) in [5, 5.41) is 8.57. The van der Waals surface area contributed by atoms with Crippen LogP contribution in [0.1, 0.15) is 6.92 Å². The van der Waals surface area contributed by atoms with Crippen LogP contribution in [0.3, 0.4) is 0 Å². The molecule has 0 bridgehead atoms. The number of aliphatic imine (C=N–C) groups is 1. The van der Waals surface area contributed by atoms with Gasteiger partial charge in [0.2, 0.25) is 0 Å².